The maximum Gasteiger partial charge on any atom is 0.144 e. The lowest BCUT2D eigenvalue weighted by atomic mass is 10.2. The Kier molecular flexibility index (Phi) is 3.91. The van der Waals surface area contributed by atoms with Crippen molar-refractivity contribution < 1.29 is 9.47 Å². The Morgan fingerprint density at radius 3 is 3.29 bits per heavy atom. The third-order valence-electron chi connectivity index (χ3n) is 2.51. The second-order valence-electron chi connectivity index (χ2n) is 4.03. The van der Waals surface area contributed by atoms with Crippen LogP contribution in [0.1, 0.15) is 12.6 Å². The third kappa shape index (κ3) is 3.41. The van der Waals surface area contributed by atoms with Crippen LogP contribution < -0.4 is 10.1 Å². The SMILES string of the molecule is CC1CNCC(COc2ccnc(C#N)c2)O1. The Hall–Kier alpha value is -1.64. The third-order valence-corrected chi connectivity index (χ3v) is 2.51. The first-order valence-corrected chi connectivity index (χ1v) is 5.63. The van der Waals surface area contributed by atoms with Crippen molar-refractivity contribution in [2.24, 2.45) is 0 Å². The lowest BCUT2D eigenvalue weighted by molar-refractivity contribution is -0.0470. The van der Waals surface area contributed by atoms with Gasteiger partial charge in [-0.15, -0.1) is 0 Å². The number of ether oxygens (including phenoxy) is 2. The van der Waals surface area contributed by atoms with Crippen molar-refractivity contribution in [2.75, 3.05) is 19.7 Å². The van der Waals surface area contributed by atoms with Crippen molar-refractivity contribution in [3.63, 3.8) is 0 Å². The Labute approximate surface area is 100 Å². The molecule has 1 aromatic rings. The van der Waals surface area contributed by atoms with Gasteiger partial charge in [-0.1, -0.05) is 0 Å². The maximum atomic E-state index is 8.71. The number of morpholine rings is 1. The predicted octanol–water partition coefficient (Wildman–Crippen LogP) is 0.709. The molecule has 0 aliphatic carbocycles. The molecule has 2 unspecified atom stereocenters. The highest BCUT2D eigenvalue weighted by atomic mass is 16.5. The molecule has 5 heteroatoms. The minimum absolute atomic E-state index is 0.0532. The largest absolute Gasteiger partial charge is 0.491 e. The van der Waals surface area contributed by atoms with E-state index in [4.69, 9.17) is 14.7 Å². The molecule has 0 saturated carbocycles. The summed E-state index contributed by atoms with van der Waals surface area (Å²) in [5, 5.41) is 12.0. The standard InChI is InChI=1S/C12H15N3O2/c1-9-6-14-7-12(17-9)8-16-11-2-3-15-10(4-11)5-13/h2-4,9,12,14H,6-8H2,1H3. The first kappa shape index (κ1) is 11.8. The second kappa shape index (κ2) is 5.62. The van der Waals surface area contributed by atoms with E-state index in [1.165, 1.54) is 0 Å². The molecule has 0 bridgehead atoms. The van der Waals surface area contributed by atoms with Crippen molar-refractivity contribution in [3.8, 4) is 11.8 Å². The fourth-order valence-electron chi connectivity index (χ4n) is 1.72. The fraction of sp³-hybridized carbons (Fsp3) is 0.500. The van der Waals surface area contributed by atoms with Crippen LogP contribution >= 0.6 is 0 Å². The van der Waals surface area contributed by atoms with E-state index in [1.807, 2.05) is 13.0 Å². The molecule has 1 aliphatic heterocycles. The van der Waals surface area contributed by atoms with Crippen molar-refractivity contribution >= 4 is 0 Å². The topological polar surface area (TPSA) is 67.2 Å². The molecule has 0 spiro atoms. The summed E-state index contributed by atoms with van der Waals surface area (Å²) >= 11 is 0. The van der Waals surface area contributed by atoms with E-state index >= 15 is 0 Å². The van der Waals surface area contributed by atoms with Crippen molar-refractivity contribution in [2.45, 2.75) is 19.1 Å². The van der Waals surface area contributed by atoms with E-state index in [2.05, 4.69) is 10.3 Å². The van der Waals surface area contributed by atoms with Crippen LogP contribution in [0, 0.1) is 11.3 Å². The molecule has 0 amide bonds. The maximum absolute atomic E-state index is 8.71. The molecule has 1 aliphatic rings. The lowest BCUT2D eigenvalue weighted by Gasteiger charge is -2.28. The molecule has 2 atom stereocenters. The Morgan fingerprint density at radius 2 is 2.53 bits per heavy atom. The van der Waals surface area contributed by atoms with Crippen molar-refractivity contribution in [1.82, 2.24) is 10.3 Å². The van der Waals surface area contributed by atoms with E-state index in [0.29, 0.717) is 18.1 Å². The molecule has 1 saturated heterocycles. The zero-order valence-corrected chi connectivity index (χ0v) is 9.72. The molecular formula is C12H15N3O2. The average Bonchev–Trinajstić information content (AvgIpc) is 2.37. The number of nitrogens with one attached hydrogen (secondary N) is 1. The summed E-state index contributed by atoms with van der Waals surface area (Å²) in [6.07, 6.45) is 1.83. The van der Waals surface area contributed by atoms with Gasteiger partial charge in [0.05, 0.1) is 6.10 Å². The molecule has 0 aromatic carbocycles. The van der Waals surface area contributed by atoms with Crippen LogP contribution in [0.5, 0.6) is 5.75 Å². The number of pyridine rings is 1. The van der Waals surface area contributed by atoms with Gasteiger partial charge in [0.2, 0.25) is 0 Å². The quantitative estimate of drug-likeness (QED) is 0.832. The number of aromatic nitrogens is 1. The second-order valence-corrected chi connectivity index (χ2v) is 4.03. The predicted molar refractivity (Wildman–Crippen MR) is 61.7 cm³/mol. The summed E-state index contributed by atoms with van der Waals surface area (Å²) in [5.41, 5.74) is 0.360. The van der Waals surface area contributed by atoms with Gasteiger partial charge in [0.25, 0.3) is 0 Å². The van der Waals surface area contributed by atoms with Gasteiger partial charge in [-0.3, -0.25) is 0 Å². The van der Waals surface area contributed by atoms with Crippen LogP contribution in [-0.2, 0) is 4.74 Å². The van der Waals surface area contributed by atoms with Gasteiger partial charge in [0.15, 0.2) is 0 Å². The number of rotatable bonds is 3. The van der Waals surface area contributed by atoms with E-state index in [1.54, 1.807) is 18.3 Å². The summed E-state index contributed by atoms with van der Waals surface area (Å²) in [6.45, 7) is 4.18. The molecule has 0 radical (unpaired) electrons. The van der Waals surface area contributed by atoms with Gasteiger partial charge < -0.3 is 14.8 Å². The first-order valence-electron chi connectivity index (χ1n) is 5.63. The number of hydrogen-bond donors (Lipinski definition) is 1. The van der Waals surface area contributed by atoms with Gasteiger partial charge in [-0.25, -0.2) is 4.98 Å². The zero-order valence-electron chi connectivity index (χ0n) is 9.72. The molecule has 1 fully saturated rings. The van der Waals surface area contributed by atoms with Crippen LogP contribution in [0.15, 0.2) is 18.3 Å². The smallest absolute Gasteiger partial charge is 0.144 e. The van der Waals surface area contributed by atoms with Gasteiger partial charge in [-0.05, 0) is 13.0 Å². The molecule has 1 N–H and O–H groups in total. The Bertz CT molecular complexity index is 416. The highest BCUT2D eigenvalue weighted by Crippen LogP contribution is 2.12. The Balaban J connectivity index is 1.87. The van der Waals surface area contributed by atoms with Crippen LogP contribution in [0.2, 0.25) is 0 Å². The summed E-state index contributed by atoms with van der Waals surface area (Å²) in [7, 11) is 0. The molecular weight excluding hydrogens is 218 g/mol. The lowest BCUT2D eigenvalue weighted by Crippen LogP contribution is -2.45. The minimum atomic E-state index is 0.0532. The zero-order chi connectivity index (χ0) is 12.1. The number of nitriles is 1. The van der Waals surface area contributed by atoms with Crippen LogP contribution in [0.4, 0.5) is 0 Å². The van der Waals surface area contributed by atoms with E-state index in [0.717, 1.165) is 13.1 Å². The van der Waals surface area contributed by atoms with E-state index < -0.39 is 0 Å². The molecule has 90 valence electrons. The van der Waals surface area contributed by atoms with Gasteiger partial charge in [0.1, 0.15) is 30.2 Å². The van der Waals surface area contributed by atoms with Crippen LogP contribution in [-0.4, -0.2) is 36.9 Å². The summed E-state index contributed by atoms with van der Waals surface area (Å²) < 4.78 is 11.3. The highest BCUT2D eigenvalue weighted by Gasteiger charge is 2.19. The molecule has 2 heterocycles. The number of nitrogens with zero attached hydrogens (tertiary/aromatic N) is 2. The average molecular weight is 233 g/mol. The Morgan fingerprint density at radius 1 is 1.65 bits per heavy atom. The summed E-state index contributed by atoms with van der Waals surface area (Å²) in [6, 6.07) is 5.34. The van der Waals surface area contributed by atoms with Gasteiger partial charge in [-0.2, -0.15) is 5.26 Å². The first-order chi connectivity index (χ1) is 8.28. The normalized spacial score (nSPS) is 24.0. The molecule has 2 rings (SSSR count). The van der Waals surface area contributed by atoms with Gasteiger partial charge >= 0.3 is 0 Å². The van der Waals surface area contributed by atoms with Crippen LogP contribution in [0.3, 0.4) is 0 Å². The fourth-order valence-corrected chi connectivity index (χ4v) is 1.72. The van der Waals surface area contributed by atoms with Gasteiger partial charge in [0, 0.05) is 25.4 Å². The summed E-state index contributed by atoms with van der Waals surface area (Å²) in [5.74, 6) is 0.651. The monoisotopic (exact) mass is 233 g/mol. The molecule has 17 heavy (non-hydrogen) atoms. The number of hydrogen-bond acceptors (Lipinski definition) is 5. The van der Waals surface area contributed by atoms with Crippen molar-refractivity contribution in [1.29, 1.82) is 5.26 Å². The summed E-state index contributed by atoms with van der Waals surface area (Å²) in [4.78, 5) is 3.88. The minimum Gasteiger partial charge on any atom is -0.491 e. The van der Waals surface area contributed by atoms with E-state index in [-0.39, 0.29) is 12.2 Å². The van der Waals surface area contributed by atoms with E-state index in [9.17, 15) is 0 Å². The molecule has 5 nitrogen and oxygen atoms in total. The molecule has 1 aromatic heterocycles. The highest BCUT2D eigenvalue weighted by molar-refractivity contribution is 5.29. The van der Waals surface area contributed by atoms with Crippen LogP contribution in [0.25, 0.3) is 0 Å². The van der Waals surface area contributed by atoms with Crippen molar-refractivity contribution in [3.05, 3.63) is 24.0 Å².